The first-order valence-corrected chi connectivity index (χ1v) is 8.59. The van der Waals surface area contributed by atoms with Crippen LogP contribution >= 0.6 is 0 Å². The molecule has 2 nitrogen and oxygen atoms in total. The van der Waals surface area contributed by atoms with Crippen molar-refractivity contribution in [2.75, 3.05) is 0 Å². The largest absolute Gasteiger partial charge is 0.481 e. The summed E-state index contributed by atoms with van der Waals surface area (Å²) in [5.74, 6) is -0.712. The SMILES string of the molecule is CCCCCC=CCC=CCC=CCC=CCCCC(=O)O.[Ba]. The van der Waals surface area contributed by atoms with Crippen LogP contribution < -0.4 is 0 Å². The quantitative estimate of drug-likeness (QED) is 0.209. The second-order valence-corrected chi connectivity index (χ2v) is 5.37. The monoisotopic (exact) mass is 442 g/mol. The Morgan fingerprint density at radius 1 is 0.739 bits per heavy atom. The van der Waals surface area contributed by atoms with Gasteiger partial charge in [-0.15, -0.1) is 0 Å². The van der Waals surface area contributed by atoms with Gasteiger partial charge in [-0.05, 0) is 44.9 Å². The van der Waals surface area contributed by atoms with Gasteiger partial charge in [0.15, 0.2) is 0 Å². The van der Waals surface area contributed by atoms with E-state index in [1.165, 1.54) is 25.7 Å². The Morgan fingerprint density at radius 2 is 1.17 bits per heavy atom. The van der Waals surface area contributed by atoms with Crippen molar-refractivity contribution in [2.24, 2.45) is 0 Å². The maximum absolute atomic E-state index is 10.3. The zero-order valence-corrected chi connectivity index (χ0v) is 19.2. The molecule has 0 spiro atoms. The van der Waals surface area contributed by atoms with Gasteiger partial charge in [0.05, 0.1) is 0 Å². The summed E-state index contributed by atoms with van der Waals surface area (Å²) >= 11 is 0. The van der Waals surface area contributed by atoms with Crippen LogP contribution in [0.4, 0.5) is 0 Å². The second-order valence-electron chi connectivity index (χ2n) is 5.37. The first kappa shape index (κ1) is 25.2. The molecular weight excluding hydrogens is 410 g/mol. The Morgan fingerprint density at radius 3 is 1.61 bits per heavy atom. The van der Waals surface area contributed by atoms with Crippen LogP contribution in [0.2, 0.25) is 0 Å². The van der Waals surface area contributed by atoms with E-state index >= 15 is 0 Å². The summed E-state index contributed by atoms with van der Waals surface area (Å²) in [6, 6.07) is 0. The van der Waals surface area contributed by atoms with Crippen molar-refractivity contribution in [3.8, 4) is 0 Å². The summed E-state index contributed by atoms with van der Waals surface area (Å²) in [6.07, 6.45) is 27.3. The summed E-state index contributed by atoms with van der Waals surface area (Å²) in [5, 5.41) is 8.49. The van der Waals surface area contributed by atoms with Gasteiger partial charge >= 0.3 is 5.97 Å². The fourth-order valence-electron chi connectivity index (χ4n) is 1.93. The summed E-state index contributed by atoms with van der Waals surface area (Å²) in [5.41, 5.74) is 0. The number of hydrogen-bond acceptors (Lipinski definition) is 1. The van der Waals surface area contributed by atoms with E-state index in [1.807, 2.05) is 0 Å². The van der Waals surface area contributed by atoms with Gasteiger partial charge < -0.3 is 5.11 Å². The number of rotatable bonds is 14. The standard InChI is InChI=1S/C20H32O2.Ba/c1-2-3-4-5-6-7-8-9-10-11-12-13-14-15-16-17-18-19-20(21)22;/h6-7,9-10,12-13,15-16H,2-5,8,11,14,17-19H2,1H3,(H,21,22);. The number of hydrogen-bond donors (Lipinski definition) is 1. The molecule has 0 atom stereocenters. The van der Waals surface area contributed by atoms with Crippen molar-refractivity contribution in [3.63, 3.8) is 0 Å². The number of carboxylic acids is 1. The Kier molecular flexibility index (Phi) is 24.1. The van der Waals surface area contributed by atoms with Crippen LogP contribution in [0.5, 0.6) is 0 Å². The molecule has 0 heterocycles. The van der Waals surface area contributed by atoms with Crippen molar-refractivity contribution in [1.82, 2.24) is 0 Å². The summed E-state index contributed by atoms with van der Waals surface area (Å²) in [4.78, 5) is 10.3. The van der Waals surface area contributed by atoms with E-state index in [0.717, 1.165) is 32.1 Å². The fraction of sp³-hybridized carbons (Fsp3) is 0.550. The normalized spacial score (nSPS) is 11.9. The zero-order chi connectivity index (χ0) is 16.3. The molecule has 0 aromatic heterocycles. The minimum atomic E-state index is -0.712. The van der Waals surface area contributed by atoms with E-state index in [2.05, 4.69) is 55.5 Å². The second kappa shape index (κ2) is 22.0. The Balaban J connectivity index is 0. The third-order valence-electron chi connectivity index (χ3n) is 3.22. The minimum absolute atomic E-state index is 0. The Hall–Kier alpha value is 0.00143. The van der Waals surface area contributed by atoms with Gasteiger partial charge in [0.2, 0.25) is 0 Å². The van der Waals surface area contributed by atoms with E-state index in [0.29, 0.717) is 0 Å². The average molecular weight is 442 g/mol. The van der Waals surface area contributed by atoms with Crippen LogP contribution in [0.25, 0.3) is 0 Å². The molecule has 0 unspecified atom stereocenters. The maximum Gasteiger partial charge on any atom is 0.303 e. The van der Waals surface area contributed by atoms with Crippen molar-refractivity contribution >= 4 is 54.9 Å². The van der Waals surface area contributed by atoms with Crippen LogP contribution in [0, 0.1) is 0 Å². The van der Waals surface area contributed by atoms with Crippen molar-refractivity contribution < 1.29 is 9.90 Å². The minimum Gasteiger partial charge on any atom is -0.481 e. The van der Waals surface area contributed by atoms with Crippen LogP contribution in [-0.2, 0) is 4.79 Å². The molecule has 0 fully saturated rings. The topological polar surface area (TPSA) is 37.3 Å². The molecule has 0 aliphatic carbocycles. The molecule has 0 amide bonds. The van der Waals surface area contributed by atoms with E-state index in [4.69, 9.17) is 5.11 Å². The number of aliphatic carboxylic acids is 1. The first-order valence-electron chi connectivity index (χ1n) is 8.59. The predicted octanol–water partition coefficient (Wildman–Crippen LogP) is 5.84. The average Bonchev–Trinajstić information content (AvgIpc) is 2.50. The Labute approximate surface area is 182 Å². The van der Waals surface area contributed by atoms with Crippen molar-refractivity contribution in [3.05, 3.63) is 48.6 Å². The predicted molar refractivity (Wildman–Crippen MR) is 102 cm³/mol. The van der Waals surface area contributed by atoms with Crippen LogP contribution in [-0.4, -0.2) is 60.0 Å². The van der Waals surface area contributed by atoms with Gasteiger partial charge in [0, 0.05) is 55.3 Å². The van der Waals surface area contributed by atoms with Crippen molar-refractivity contribution in [2.45, 2.75) is 71.1 Å². The molecule has 126 valence electrons. The number of unbranched alkanes of at least 4 members (excludes halogenated alkanes) is 4. The van der Waals surface area contributed by atoms with Crippen LogP contribution in [0.1, 0.15) is 71.1 Å². The summed E-state index contributed by atoms with van der Waals surface area (Å²) in [6.45, 7) is 2.23. The molecule has 0 aliphatic rings. The molecule has 0 aromatic rings. The zero-order valence-electron chi connectivity index (χ0n) is 14.8. The fourth-order valence-corrected chi connectivity index (χ4v) is 1.93. The molecule has 0 rings (SSSR count). The molecule has 23 heavy (non-hydrogen) atoms. The molecular formula is C20H32BaO2. The van der Waals surface area contributed by atoms with Crippen LogP contribution in [0.3, 0.4) is 0 Å². The molecule has 0 saturated heterocycles. The smallest absolute Gasteiger partial charge is 0.303 e. The van der Waals surface area contributed by atoms with Crippen LogP contribution in [0.15, 0.2) is 48.6 Å². The third-order valence-corrected chi connectivity index (χ3v) is 3.22. The number of allylic oxidation sites excluding steroid dienone is 8. The van der Waals surface area contributed by atoms with Gasteiger partial charge in [-0.1, -0.05) is 68.4 Å². The van der Waals surface area contributed by atoms with Gasteiger partial charge in [0.1, 0.15) is 0 Å². The summed E-state index contributed by atoms with van der Waals surface area (Å²) < 4.78 is 0. The van der Waals surface area contributed by atoms with E-state index in [1.54, 1.807) is 0 Å². The molecule has 2 radical (unpaired) electrons. The van der Waals surface area contributed by atoms with E-state index in [9.17, 15) is 4.79 Å². The molecule has 0 aliphatic heterocycles. The van der Waals surface area contributed by atoms with Gasteiger partial charge in [-0.2, -0.15) is 0 Å². The Bertz CT molecular complexity index is 368. The number of carboxylic acid groups (broad SMARTS) is 1. The molecule has 3 heteroatoms. The molecule has 1 N–H and O–H groups in total. The molecule has 0 bridgehead atoms. The third kappa shape index (κ3) is 24.4. The number of carbonyl (C=O) groups is 1. The van der Waals surface area contributed by atoms with Gasteiger partial charge in [-0.25, -0.2) is 0 Å². The first-order chi connectivity index (χ1) is 10.8. The maximum atomic E-state index is 10.3. The van der Waals surface area contributed by atoms with Gasteiger partial charge in [0.25, 0.3) is 0 Å². The molecule has 0 saturated carbocycles. The van der Waals surface area contributed by atoms with Crippen molar-refractivity contribution in [1.29, 1.82) is 0 Å². The summed E-state index contributed by atoms with van der Waals surface area (Å²) in [7, 11) is 0. The molecule has 0 aromatic carbocycles. The van der Waals surface area contributed by atoms with Gasteiger partial charge in [-0.3, -0.25) is 4.79 Å². The van der Waals surface area contributed by atoms with E-state index in [-0.39, 0.29) is 55.3 Å². The van der Waals surface area contributed by atoms with E-state index < -0.39 is 5.97 Å².